The van der Waals surface area contributed by atoms with Crippen LogP contribution in [0, 0.1) is 0 Å². The van der Waals surface area contributed by atoms with Gasteiger partial charge in [0, 0.05) is 23.6 Å². The van der Waals surface area contributed by atoms with Crippen molar-refractivity contribution in [3.63, 3.8) is 0 Å². The molecule has 0 spiro atoms. The number of benzene rings is 2. The first-order valence-corrected chi connectivity index (χ1v) is 11.3. The Morgan fingerprint density at radius 1 is 0.853 bits per heavy atom. The summed E-state index contributed by atoms with van der Waals surface area (Å²) in [4.78, 5) is 21.7. The minimum Gasteiger partial charge on any atom is -0.494 e. The highest BCUT2D eigenvalue weighted by atomic mass is 16.5. The van der Waals surface area contributed by atoms with E-state index in [1.165, 1.54) is 0 Å². The van der Waals surface area contributed by atoms with Gasteiger partial charge in [0.05, 0.1) is 26.4 Å². The molecule has 8 nitrogen and oxygen atoms in total. The van der Waals surface area contributed by atoms with Crippen molar-refractivity contribution in [3.8, 4) is 17.2 Å². The Morgan fingerprint density at radius 3 is 2.21 bits per heavy atom. The number of aromatic nitrogens is 1. The van der Waals surface area contributed by atoms with Crippen LogP contribution in [0.4, 0.5) is 5.69 Å². The molecular formula is C26H30N4O4. The minimum atomic E-state index is -0.323. The molecule has 0 radical (unpaired) electrons. The number of aliphatic imine (C=N–C) groups is 1. The standard InChI is InChI=1S/C26H30N4O4/c1-4-32-22-10-8-21(9-11-22)29-26(28-18-19-13-15-27-16-14-19)30-25(31)20-7-12-23(33-5-2)24(17-20)34-6-3/h7-17H,4-6,18H2,1-3H3,(H2,28,29,30,31). The SMILES string of the molecule is CCOc1ccc(NC(=NCc2ccncc2)NC(=O)c2ccc(OCC)c(OCC)c2)cc1. The number of hydrogen-bond acceptors (Lipinski definition) is 6. The van der Waals surface area contributed by atoms with Crippen molar-refractivity contribution in [3.05, 3.63) is 78.1 Å². The first-order chi connectivity index (χ1) is 16.6. The molecule has 3 aromatic rings. The summed E-state index contributed by atoms with van der Waals surface area (Å²) in [6.45, 7) is 7.64. The maximum absolute atomic E-state index is 13.1. The van der Waals surface area contributed by atoms with Crippen LogP contribution in [0.2, 0.25) is 0 Å². The second kappa shape index (κ2) is 12.8. The first kappa shape index (κ1) is 24.6. The predicted octanol–water partition coefficient (Wildman–Crippen LogP) is 4.68. The summed E-state index contributed by atoms with van der Waals surface area (Å²) in [5.41, 5.74) is 2.16. The molecule has 0 aliphatic rings. The van der Waals surface area contributed by atoms with E-state index in [9.17, 15) is 4.79 Å². The third kappa shape index (κ3) is 7.23. The van der Waals surface area contributed by atoms with Crippen molar-refractivity contribution in [2.45, 2.75) is 27.3 Å². The number of nitrogens with one attached hydrogen (secondary N) is 2. The molecule has 0 unspecified atom stereocenters. The number of ether oxygens (including phenoxy) is 3. The van der Waals surface area contributed by atoms with Gasteiger partial charge in [-0.05, 0) is 80.9 Å². The largest absolute Gasteiger partial charge is 0.494 e. The molecule has 2 aromatic carbocycles. The number of carbonyl (C=O) groups is 1. The van der Waals surface area contributed by atoms with Crippen LogP contribution in [-0.2, 0) is 6.54 Å². The van der Waals surface area contributed by atoms with Gasteiger partial charge in [0.25, 0.3) is 5.91 Å². The molecule has 34 heavy (non-hydrogen) atoms. The lowest BCUT2D eigenvalue weighted by Crippen LogP contribution is -2.36. The summed E-state index contributed by atoms with van der Waals surface area (Å²) in [6.07, 6.45) is 3.41. The molecule has 0 aliphatic carbocycles. The number of pyridine rings is 1. The summed E-state index contributed by atoms with van der Waals surface area (Å²) in [7, 11) is 0. The topological polar surface area (TPSA) is 94.1 Å². The number of rotatable bonds is 10. The Labute approximate surface area is 200 Å². The van der Waals surface area contributed by atoms with Crippen LogP contribution in [-0.4, -0.2) is 36.7 Å². The van der Waals surface area contributed by atoms with E-state index in [0.29, 0.717) is 49.4 Å². The van der Waals surface area contributed by atoms with Crippen LogP contribution in [0.3, 0.4) is 0 Å². The molecular weight excluding hydrogens is 432 g/mol. The zero-order valence-electron chi connectivity index (χ0n) is 19.7. The van der Waals surface area contributed by atoms with Gasteiger partial charge in [0.15, 0.2) is 11.5 Å². The molecule has 0 saturated carbocycles. The van der Waals surface area contributed by atoms with Crippen molar-refractivity contribution in [2.75, 3.05) is 25.1 Å². The van der Waals surface area contributed by atoms with Gasteiger partial charge in [0.2, 0.25) is 5.96 Å². The average Bonchev–Trinajstić information content (AvgIpc) is 2.86. The third-order valence-electron chi connectivity index (χ3n) is 4.63. The van der Waals surface area contributed by atoms with E-state index in [-0.39, 0.29) is 5.91 Å². The van der Waals surface area contributed by atoms with E-state index >= 15 is 0 Å². The monoisotopic (exact) mass is 462 g/mol. The Hall–Kier alpha value is -4.07. The molecule has 178 valence electrons. The minimum absolute atomic E-state index is 0.317. The highest BCUT2D eigenvalue weighted by Gasteiger charge is 2.14. The molecule has 1 aromatic heterocycles. The van der Waals surface area contributed by atoms with Crippen LogP contribution < -0.4 is 24.8 Å². The van der Waals surface area contributed by atoms with E-state index in [1.54, 1.807) is 30.6 Å². The number of nitrogens with zero attached hydrogens (tertiary/aromatic N) is 2. The Morgan fingerprint density at radius 2 is 1.53 bits per heavy atom. The molecule has 1 amide bonds. The van der Waals surface area contributed by atoms with Gasteiger partial charge in [-0.25, -0.2) is 4.99 Å². The Kier molecular flexibility index (Phi) is 9.28. The highest BCUT2D eigenvalue weighted by Crippen LogP contribution is 2.28. The van der Waals surface area contributed by atoms with Gasteiger partial charge in [-0.3, -0.25) is 15.1 Å². The van der Waals surface area contributed by atoms with Crippen LogP contribution in [0.5, 0.6) is 17.2 Å². The first-order valence-electron chi connectivity index (χ1n) is 11.3. The van der Waals surface area contributed by atoms with E-state index in [0.717, 1.165) is 17.0 Å². The highest BCUT2D eigenvalue weighted by molar-refractivity contribution is 6.10. The number of carbonyl (C=O) groups excluding carboxylic acids is 1. The van der Waals surface area contributed by atoms with Gasteiger partial charge in [0.1, 0.15) is 5.75 Å². The predicted molar refractivity (Wildman–Crippen MR) is 133 cm³/mol. The second-order valence-electron chi connectivity index (χ2n) is 7.08. The average molecular weight is 463 g/mol. The molecule has 0 aliphatic heterocycles. The number of hydrogen-bond donors (Lipinski definition) is 2. The molecule has 3 rings (SSSR count). The van der Waals surface area contributed by atoms with Crippen molar-refractivity contribution in [1.82, 2.24) is 10.3 Å². The molecule has 0 bridgehead atoms. The zero-order valence-corrected chi connectivity index (χ0v) is 19.7. The quantitative estimate of drug-likeness (QED) is 0.336. The van der Waals surface area contributed by atoms with Gasteiger partial charge < -0.3 is 19.5 Å². The molecule has 0 saturated heterocycles. The lowest BCUT2D eigenvalue weighted by Gasteiger charge is -2.14. The lowest BCUT2D eigenvalue weighted by molar-refractivity contribution is 0.0976. The van der Waals surface area contributed by atoms with E-state index in [2.05, 4.69) is 20.6 Å². The van der Waals surface area contributed by atoms with Crippen molar-refractivity contribution in [1.29, 1.82) is 0 Å². The molecule has 1 heterocycles. The third-order valence-corrected chi connectivity index (χ3v) is 4.63. The van der Waals surface area contributed by atoms with Crippen LogP contribution in [0.1, 0.15) is 36.7 Å². The normalized spacial score (nSPS) is 11.0. The fourth-order valence-electron chi connectivity index (χ4n) is 3.08. The maximum Gasteiger partial charge on any atom is 0.258 e. The van der Waals surface area contributed by atoms with E-state index in [4.69, 9.17) is 14.2 Å². The van der Waals surface area contributed by atoms with E-state index < -0.39 is 0 Å². The fourth-order valence-corrected chi connectivity index (χ4v) is 3.08. The number of amides is 1. The maximum atomic E-state index is 13.1. The Balaban J connectivity index is 1.81. The second-order valence-corrected chi connectivity index (χ2v) is 7.08. The van der Waals surface area contributed by atoms with Crippen molar-refractivity contribution in [2.24, 2.45) is 4.99 Å². The summed E-state index contributed by atoms with van der Waals surface area (Å²) in [5.74, 6) is 1.88. The molecule has 8 heteroatoms. The zero-order chi connectivity index (χ0) is 24.2. The van der Waals surface area contributed by atoms with Gasteiger partial charge in [-0.15, -0.1) is 0 Å². The summed E-state index contributed by atoms with van der Waals surface area (Å²) in [6, 6.07) is 16.3. The van der Waals surface area contributed by atoms with Crippen molar-refractivity contribution >= 4 is 17.6 Å². The van der Waals surface area contributed by atoms with Gasteiger partial charge in [-0.2, -0.15) is 0 Å². The fraction of sp³-hybridized carbons (Fsp3) is 0.269. The molecule has 0 fully saturated rings. The van der Waals surface area contributed by atoms with Gasteiger partial charge >= 0.3 is 0 Å². The van der Waals surface area contributed by atoms with Crippen LogP contribution in [0.25, 0.3) is 0 Å². The van der Waals surface area contributed by atoms with Crippen molar-refractivity contribution < 1.29 is 19.0 Å². The smallest absolute Gasteiger partial charge is 0.258 e. The molecule has 0 atom stereocenters. The van der Waals surface area contributed by atoms with E-state index in [1.807, 2.05) is 57.2 Å². The Bertz CT molecular complexity index is 1090. The summed E-state index contributed by atoms with van der Waals surface area (Å²) < 4.78 is 16.7. The number of anilines is 1. The lowest BCUT2D eigenvalue weighted by atomic mass is 10.2. The molecule has 2 N–H and O–H groups in total. The van der Waals surface area contributed by atoms with Crippen LogP contribution >= 0.6 is 0 Å². The van der Waals surface area contributed by atoms with Gasteiger partial charge in [-0.1, -0.05) is 0 Å². The summed E-state index contributed by atoms with van der Waals surface area (Å²) >= 11 is 0. The number of guanidine groups is 1. The van der Waals surface area contributed by atoms with Crippen LogP contribution in [0.15, 0.2) is 72.0 Å². The summed E-state index contributed by atoms with van der Waals surface area (Å²) in [5, 5.41) is 6.05.